The van der Waals surface area contributed by atoms with Gasteiger partial charge in [-0.05, 0) is 29.8 Å². The molecule has 7 heteroatoms. The number of nitrogens with two attached hydrogens (primary N) is 1. The van der Waals surface area contributed by atoms with Crippen molar-refractivity contribution in [3.63, 3.8) is 0 Å². The summed E-state index contributed by atoms with van der Waals surface area (Å²) < 4.78 is 5.12. The van der Waals surface area contributed by atoms with Crippen molar-refractivity contribution < 1.29 is 9.53 Å². The van der Waals surface area contributed by atoms with Gasteiger partial charge in [-0.3, -0.25) is 15.1 Å². The average molecular weight is 359 g/mol. The number of nitrogens with one attached hydrogen (secondary N) is 2. The first-order valence-electron chi connectivity index (χ1n) is 7.45. The minimum atomic E-state index is -0.338. The van der Waals surface area contributed by atoms with Gasteiger partial charge in [-0.15, -0.1) is 12.4 Å². The number of para-hydroxylation sites is 1. The molecular formula is C18H19ClN4O2. The number of guanidine groups is 1. The minimum absolute atomic E-state index is 0. The third-order valence-electron chi connectivity index (χ3n) is 3.80. The summed E-state index contributed by atoms with van der Waals surface area (Å²) in [5.41, 5.74) is 7.75. The molecule has 0 unspecified atom stereocenters. The Balaban J connectivity index is 0.00000225. The molecule has 0 radical (unpaired) electrons. The molecule has 3 rings (SSSR count). The number of aromatic nitrogens is 1. The van der Waals surface area contributed by atoms with E-state index in [4.69, 9.17) is 15.9 Å². The lowest BCUT2D eigenvalue weighted by atomic mass is 10.2. The van der Waals surface area contributed by atoms with E-state index in [1.807, 2.05) is 36.4 Å². The molecule has 0 saturated carbocycles. The summed E-state index contributed by atoms with van der Waals surface area (Å²) in [5, 5.41) is 8.68. The van der Waals surface area contributed by atoms with Crippen LogP contribution in [-0.4, -0.2) is 28.9 Å². The molecule has 0 fully saturated rings. The third-order valence-corrected chi connectivity index (χ3v) is 3.80. The quantitative estimate of drug-likeness (QED) is 0.494. The van der Waals surface area contributed by atoms with Gasteiger partial charge in [0.2, 0.25) is 0 Å². The van der Waals surface area contributed by atoms with Crippen LogP contribution in [0.15, 0.2) is 54.6 Å². The van der Waals surface area contributed by atoms with Crippen molar-refractivity contribution in [3.05, 3.63) is 65.9 Å². The molecule has 0 aliphatic carbocycles. The Morgan fingerprint density at radius 2 is 1.88 bits per heavy atom. The van der Waals surface area contributed by atoms with E-state index in [0.717, 1.165) is 22.2 Å². The predicted molar refractivity (Wildman–Crippen MR) is 100 cm³/mol. The SMILES string of the molecule is COc1ccc(CN(C(=N)N)C(=O)c2cc3ccccc3[nH]2)cc1.Cl. The number of hydrogen-bond acceptors (Lipinski definition) is 3. The molecule has 1 amide bonds. The Hall–Kier alpha value is -2.99. The van der Waals surface area contributed by atoms with Crippen LogP contribution in [0.25, 0.3) is 10.9 Å². The summed E-state index contributed by atoms with van der Waals surface area (Å²) in [4.78, 5) is 17.0. The zero-order valence-corrected chi connectivity index (χ0v) is 14.5. The van der Waals surface area contributed by atoms with Crippen molar-refractivity contribution in [1.29, 1.82) is 5.41 Å². The molecule has 0 aliphatic heterocycles. The maximum absolute atomic E-state index is 12.7. The fraction of sp³-hybridized carbons (Fsp3) is 0.111. The number of carbonyl (C=O) groups is 1. The van der Waals surface area contributed by atoms with Gasteiger partial charge < -0.3 is 15.5 Å². The highest BCUT2D eigenvalue weighted by molar-refractivity contribution is 6.05. The third kappa shape index (κ3) is 3.92. The second-order valence-electron chi connectivity index (χ2n) is 5.39. The molecule has 0 saturated heterocycles. The molecule has 1 aromatic heterocycles. The first kappa shape index (κ1) is 18.4. The number of carbonyl (C=O) groups excluding carboxylic acids is 1. The topological polar surface area (TPSA) is 95.2 Å². The number of hydrogen-bond donors (Lipinski definition) is 3. The van der Waals surface area contributed by atoms with E-state index in [-0.39, 0.29) is 30.8 Å². The Labute approximate surface area is 151 Å². The number of halogens is 1. The van der Waals surface area contributed by atoms with E-state index in [9.17, 15) is 4.79 Å². The van der Waals surface area contributed by atoms with Crippen LogP contribution < -0.4 is 10.5 Å². The van der Waals surface area contributed by atoms with Gasteiger partial charge in [-0.25, -0.2) is 0 Å². The second kappa shape index (κ2) is 7.72. The number of amides is 1. The number of ether oxygens (including phenoxy) is 1. The molecule has 4 N–H and O–H groups in total. The van der Waals surface area contributed by atoms with Gasteiger partial charge in [-0.1, -0.05) is 30.3 Å². The molecular weight excluding hydrogens is 340 g/mol. The van der Waals surface area contributed by atoms with E-state index >= 15 is 0 Å². The Morgan fingerprint density at radius 1 is 1.20 bits per heavy atom. The molecule has 0 atom stereocenters. The summed E-state index contributed by atoms with van der Waals surface area (Å²) in [7, 11) is 1.59. The predicted octanol–water partition coefficient (Wildman–Crippen LogP) is 3.13. The fourth-order valence-corrected chi connectivity index (χ4v) is 2.51. The van der Waals surface area contributed by atoms with Crippen molar-refractivity contribution >= 4 is 35.2 Å². The van der Waals surface area contributed by atoms with Crippen molar-refractivity contribution in [2.45, 2.75) is 6.54 Å². The van der Waals surface area contributed by atoms with Gasteiger partial charge in [0.1, 0.15) is 11.4 Å². The monoisotopic (exact) mass is 358 g/mol. The van der Waals surface area contributed by atoms with Crippen molar-refractivity contribution in [2.24, 2.45) is 5.73 Å². The zero-order valence-electron chi connectivity index (χ0n) is 13.7. The fourth-order valence-electron chi connectivity index (χ4n) is 2.51. The van der Waals surface area contributed by atoms with Crippen LogP contribution in [0.3, 0.4) is 0 Å². The van der Waals surface area contributed by atoms with E-state index in [2.05, 4.69) is 4.98 Å². The van der Waals surface area contributed by atoms with Crippen molar-refractivity contribution in [1.82, 2.24) is 9.88 Å². The summed E-state index contributed by atoms with van der Waals surface area (Å²) >= 11 is 0. The maximum Gasteiger partial charge on any atom is 0.277 e. The first-order valence-corrected chi connectivity index (χ1v) is 7.45. The van der Waals surface area contributed by atoms with Crippen molar-refractivity contribution in [2.75, 3.05) is 7.11 Å². The Bertz CT molecular complexity index is 856. The van der Waals surface area contributed by atoms with Gasteiger partial charge >= 0.3 is 0 Å². The summed E-state index contributed by atoms with van der Waals surface area (Å²) in [6.07, 6.45) is 0. The molecule has 6 nitrogen and oxygen atoms in total. The van der Waals surface area contributed by atoms with Gasteiger partial charge in [0, 0.05) is 10.9 Å². The number of fused-ring (bicyclic) bond motifs is 1. The first-order chi connectivity index (χ1) is 11.6. The molecule has 1 heterocycles. The molecule has 130 valence electrons. The number of nitrogens with zero attached hydrogens (tertiary/aromatic N) is 1. The normalized spacial score (nSPS) is 10.1. The molecule has 0 bridgehead atoms. The largest absolute Gasteiger partial charge is 0.497 e. The number of rotatable bonds is 4. The summed E-state index contributed by atoms with van der Waals surface area (Å²) in [6.45, 7) is 0.216. The minimum Gasteiger partial charge on any atom is -0.497 e. The number of H-pyrrole nitrogens is 1. The highest BCUT2D eigenvalue weighted by Gasteiger charge is 2.20. The lowest BCUT2D eigenvalue weighted by molar-refractivity contribution is 0.0833. The zero-order chi connectivity index (χ0) is 17.1. The molecule has 0 aliphatic rings. The average Bonchev–Trinajstić information content (AvgIpc) is 3.03. The second-order valence-corrected chi connectivity index (χ2v) is 5.39. The van der Waals surface area contributed by atoms with Gasteiger partial charge in [0.25, 0.3) is 5.91 Å². The van der Waals surface area contributed by atoms with Crippen LogP contribution in [-0.2, 0) is 6.54 Å². The van der Waals surface area contributed by atoms with Crippen LogP contribution in [0.2, 0.25) is 0 Å². The summed E-state index contributed by atoms with van der Waals surface area (Å²) in [6, 6.07) is 16.7. The Kier molecular flexibility index (Phi) is 5.67. The lowest BCUT2D eigenvalue weighted by Crippen LogP contribution is -2.40. The van der Waals surface area contributed by atoms with Crippen LogP contribution in [0.4, 0.5) is 0 Å². The van der Waals surface area contributed by atoms with E-state index in [1.54, 1.807) is 25.3 Å². The molecule has 3 aromatic rings. The van der Waals surface area contributed by atoms with E-state index in [1.165, 1.54) is 4.90 Å². The van der Waals surface area contributed by atoms with E-state index < -0.39 is 0 Å². The van der Waals surface area contributed by atoms with Crippen LogP contribution in [0, 0.1) is 5.41 Å². The molecule has 2 aromatic carbocycles. The lowest BCUT2D eigenvalue weighted by Gasteiger charge is -2.20. The van der Waals surface area contributed by atoms with Gasteiger partial charge in [0.15, 0.2) is 5.96 Å². The highest BCUT2D eigenvalue weighted by atomic mass is 35.5. The molecule has 25 heavy (non-hydrogen) atoms. The molecule has 0 spiro atoms. The van der Waals surface area contributed by atoms with Gasteiger partial charge in [-0.2, -0.15) is 0 Å². The van der Waals surface area contributed by atoms with Crippen LogP contribution in [0.5, 0.6) is 5.75 Å². The maximum atomic E-state index is 12.7. The number of methoxy groups -OCH3 is 1. The number of benzene rings is 2. The van der Waals surface area contributed by atoms with Crippen LogP contribution >= 0.6 is 12.4 Å². The van der Waals surface area contributed by atoms with Crippen molar-refractivity contribution in [3.8, 4) is 5.75 Å². The Morgan fingerprint density at radius 3 is 2.48 bits per heavy atom. The van der Waals surface area contributed by atoms with Gasteiger partial charge in [0.05, 0.1) is 13.7 Å². The number of aromatic amines is 1. The summed E-state index contributed by atoms with van der Waals surface area (Å²) in [5.74, 6) is 0.0964. The standard InChI is InChI=1S/C18H18N4O2.ClH/c1-24-14-8-6-12(7-9-14)11-22(18(19)20)17(23)16-10-13-4-2-3-5-15(13)21-16;/h2-10,21H,11H2,1H3,(H3,19,20);1H. The highest BCUT2D eigenvalue weighted by Crippen LogP contribution is 2.18. The van der Waals surface area contributed by atoms with Crippen LogP contribution in [0.1, 0.15) is 16.1 Å². The van der Waals surface area contributed by atoms with E-state index in [0.29, 0.717) is 5.69 Å². The smallest absolute Gasteiger partial charge is 0.277 e.